The molecule has 9 heteroatoms. The lowest BCUT2D eigenvalue weighted by Gasteiger charge is -2.38. The molecule has 0 aromatic heterocycles. The van der Waals surface area contributed by atoms with Gasteiger partial charge in [-0.15, -0.1) is 0 Å². The van der Waals surface area contributed by atoms with Gasteiger partial charge in [0.15, 0.2) is 17.3 Å². The van der Waals surface area contributed by atoms with Gasteiger partial charge in [0.05, 0.1) is 19.3 Å². The van der Waals surface area contributed by atoms with Gasteiger partial charge >= 0.3 is 11.9 Å². The molecule has 3 atom stereocenters. The van der Waals surface area contributed by atoms with E-state index in [2.05, 4.69) is 5.32 Å². The van der Waals surface area contributed by atoms with Crippen LogP contribution in [0.5, 0.6) is 11.5 Å². The first-order valence-electron chi connectivity index (χ1n) is 10.8. The number of fused-ring (bicyclic) bond motifs is 1. The lowest BCUT2D eigenvalue weighted by molar-refractivity contribution is -0.151. The SMILES string of the molecule is COCCOC(=O)C1=C(C)NC2=C(C(=O)[C@H](C(=O)OC)[C@@H](C)C2)[C@H]1c1ccc2c(c1)OCO2. The maximum Gasteiger partial charge on any atom is 0.336 e. The zero-order chi connectivity index (χ0) is 23.7. The van der Waals surface area contributed by atoms with Crippen LogP contribution in [-0.2, 0) is 28.6 Å². The van der Waals surface area contributed by atoms with Crippen molar-refractivity contribution in [3.8, 4) is 11.5 Å². The normalized spacial score (nSPS) is 23.8. The molecule has 4 rings (SSSR count). The topological polar surface area (TPSA) is 109 Å². The van der Waals surface area contributed by atoms with Gasteiger partial charge in [-0.05, 0) is 37.0 Å². The molecule has 0 saturated carbocycles. The summed E-state index contributed by atoms with van der Waals surface area (Å²) in [5, 5.41) is 3.23. The molecule has 9 nitrogen and oxygen atoms in total. The van der Waals surface area contributed by atoms with Crippen LogP contribution in [0.25, 0.3) is 0 Å². The largest absolute Gasteiger partial charge is 0.468 e. The lowest BCUT2D eigenvalue weighted by Crippen LogP contribution is -2.43. The number of rotatable bonds is 6. The Kier molecular flexibility index (Phi) is 6.42. The maximum atomic E-state index is 13.7. The van der Waals surface area contributed by atoms with Crippen molar-refractivity contribution in [3.05, 3.63) is 46.3 Å². The molecule has 0 spiro atoms. The number of hydrogen-bond donors (Lipinski definition) is 1. The van der Waals surface area contributed by atoms with Crippen molar-refractivity contribution < 1.29 is 38.1 Å². The molecule has 1 aromatic carbocycles. The smallest absolute Gasteiger partial charge is 0.336 e. The Morgan fingerprint density at radius 2 is 1.91 bits per heavy atom. The monoisotopic (exact) mass is 457 g/mol. The third-order valence-corrected chi connectivity index (χ3v) is 6.21. The molecule has 176 valence electrons. The average Bonchev–Trinajstić information content (AvgIpc) is 3.25. The van der Waals surface area contributed by atoms with Crippen LogP contribution in [-0.4, -0.2) is 51.9 Å². The molecular weight excluding hydrogens is 430 g/mol. The Balaban J connectivity index is 1.82. The van der Waals surface area contributed by atoms with Gasteiger partial charge in [0.1, 0.15) is 12.5 Å². The van der Waals surface area contributed by atoms with E-state index in [0.717, 1.165) is 0 Å². The highest BCUT2D eigenvalue weighted by molar-refractivity contribution is 6.12. The minimum Gasteiger partial charge on any atom is -0.468 e. The van der Waals surface area contributed by atoms with Gasteiger partial charge in [-0.25, -0.2) is 4.79 Å². The van der Waals surface area contributed by atoms with Crippen LogP contribution >= 0.6 is 0 Å². The number of Topliss-reactive ketones (excluding diaryl/α,β-unsaturated/α-hetero) is 1. The van der Waals surface area contributed by atoms with Gasteiger partial charge in [-0.3, -0.25) is 9.59 Å². The number of allylic oxidation sites excluding steroid dienone is 3. The van der Waals surface area contributed by atoms with E-state index in [1.807, 2.05) is 6.92 Å². The van der Waals surface area contributed by atoms with E-state index >= 15 is 0 Å². The van der Waals surface area contributed by atoms with Crippen LogP contribution in [0.3, 0.4) is 0 Å². The van der Waals surface area contributed by atoms with Crippen LogP contribution in [0.4, 0.5) is 0 Å². The number of ketones is 1. The summed E-state index contributed by atoms with van der Waals surface area (Å²) in [5.41, 5.74) is 2.62. The third-order valence-electron chi connectivity index (χ3n) is 6.21. The second-order valence-electron chi connectivity index (χ2n) is 8.28. The predicted molar refractivity (Wildman–Crippen MR) is 115 cm³/mol. The molecule has 0 fully saturated rings. The van der Waals surface area contributed by atoms with Crippen LogP contribution in [0, 0.1) is 11.8 Å². The first kappa shape index (κ1) is 22.8. The lowest BCUT2D eigenvalue weighted by atomic mass is 9.69. The van der Waals surface area contributed by atoms with Crippen molar-refractivity contribution in [2.75, 3.05) is 34.2 Å². The van der Waals surface area contributed by atoms with E-state index in [0.29, 0.717) is 46.0 Å². The zero-order valence-corrected chi connectivity index (χ0v) is 19.1. The number of methoxy groups -OCH3 is 2. The van der Waals surface area contributed by atoms with Crippen LogP contribution in [0.15, 0.2) is 40.7 Å². The van der Waals surface area contributed by atoms with Gasteiger partial charge in [-0.1, -0.05) is 13.0 Å². The Bertz CT molecular complexity index is 1060. The molecule has 0 radical (unpaired) electrons. The minimum absolute atomic E-state index is 0.0711. The molecular formula is C24H27NO8. The molecule has 33 heavy (non-hydrogen) atoms. The molecule has 1 N–H and O–H groups in total. The maximum absolute atomic E-state index is 13.7. The molecule has 0 amide bonds. The van der Waals surface area contributed by atoms with Gasteiger partial charge in [-0.2, -0.15) is 0 Å². The third kappa shape index (κ3) is 4.08. The molecule has 1 aromatic rings. The fraction of sp³-hybridized carbons (Fsp3) is 0.458. The minimum atomic E-state index is -0.948. The highest BCUT2D eigenvalue weighted by atomic mass is 16.7. The summed E-state index contributed by atoms with van der Waals surface area (Å²) in [7, 11) is 2.78. The van der Waals surface area contributed by atoms with E-state index in [-0.39, 0.29) is 31.7 Å². The van der Waals surface area contributed by atoms with Crippen molar-refractivity contribution in [2.24, 2.45) is 11.8 Å². The second kappa shape index (κ2) is 9.27. The van der Waals surface area contributed by atoms with Crippen LogP contribution in [0.1, 0.15) is 31.7 Å². The Labute approximate surface area is 191 Å². The highest BCUT2D eigenvalue weighted by Crippen LogP contribution is 2.47. The molecule has 2 aliphatic heterocycles. The van der Waals surface area contributed by atoms with Gasteiger partial charge < -0.3 is 29.0 Å². The van der Waals surface area contributed by atoms with E-state index in [1.54, 1.807) is 25.1 Å². The number of carbonyl (C=O) groups excluding carboxylic acids is 3. The quantitative estimate of drug-likeness (QED) is 0.391. The van der Waals surface area contributed by atoms with Gasteiger partial charge in [0, 0.05) is 30.0 Å². The Morgan fingerprint density at radius 3 is 2.64 bits per heavy atom. The first-order valence-corrected chi connectivity index (χ1v) is 10.8. The summed E-state index contributed by atoms with van der Waals surface area (Å²) in [6.07, 6.45) is 0.464. The molecule has 2 heterocycles. The van der Waals surface area contributed by atoms with Crippen LogP contribution in [0.2, 0.25) is 0 Å². The summed E-state index contributed by atoms with van der Waals surface area (Å²) >= 11 is 0. The van der Waals surface area contributed by atoms with Crippen molar-refractivity contribution in [2.45, 2.75) is 26.2 Å². The summed E-state index contributed by atoms with van der Waals surface area (Å²) in [6.45, 7) is 4.03. The van der Waals surface area contributed by atoms with E-state index in [4.69, 9.17) is 23.7 Å². The molecule has 0 unspecified atom stereocenters. The first-order chi connectivity index (χ1) is 15.9. The molecule has 3 aliphatic rings. The number of nitrogens with one attached hydrogen (secondary N) is 1. The van der Waals surface area contributed by atoms with Crippen LogP contribution < -0.4 is 14.8 Å². The van der Waals surface area contributed by atoms with Crippen molar-refractivity contribution >= 4 is 17.7 Å². The number of carbonyl (C=O) groups is 3. The zero-order valence-electron chi connectivity index (χ0n) is 19.1. The fourth-order valence-electron chi connectivity index (χ4n) is 4.67. The number of benzene rings is 1. The standard InChI is InChI=1S/C24H27NO8/c1-12-9-15-21(22(26)18(12)23(27)30-4)20(14-5-6-16-17(10-14)33-11-32-16)19(13(2)25-15)24(28)31-8-7-29-3/h5-6,10,12,18,20,25H,7-9,11H2,1-4H3/t12-,18+,20-/m0/s1. The van der Waals surface area contributed by atoms with Crippen molar-refractivity contribution in [3.63, 3.8) is 0 Å². The van der Waals surface area contributed by atoms with Gasteiger partial charge in [0.2, 0.25) is 6.79 Å². The Morgan fingerprint density at radius 1 is 1.15 bits per heavy atom. The summed E-state index contributed by atoms with van der Waals surface area (Å²) in [5.74, 6) is -2.33. The van der Waals surface area contributed by atoms with E-state index in [1.165, 1.54) is 14.2 Å². The summed E-state index contributed by atoms with van der Waals surface area (Å²) in [4.78, 5) is 39.3. The predicted octanol–water partition coefficient (Wildman–Crippen LogP) is 2.22. The molecule has 1 aliphatic carbocycles. The molecule has 0 bridgehead atoms. The Hall–Kier alpha value is -3.33. The molecule has 0 saturated heterocycles. The number of esters is 2. The summed E-state index contributed by atoms with van der Waals surface area (Å²) in [6, 6.07) is 5.30. The van der Waals surface area contributed by atoms with Crippen molar-refractivity contribution in [1.29, 1.82) is 0 Å². The second-order valence-corrected chi connectivity index (χ2v) is 8.28. The summed E-state index contributed by atoms with van der Waals surface area (Å²) < 4.78 is 26.3. The van der Waals surface area contributed by atoms with Crippen molar-refractivity contribution in [1.82, 2.24) is 5.32 Å². The van der Waals surface area contributed by atoms with E-state index in [9.17, 15) is 14.4 Å². The van der Waals surface area contributed by atoms with E-state index < -0.39 is 23.8 Å². The fourth-order valence-corrected chi connectivity index (χ4v) is 4.67. The number of hydrogen-bond acceptors (Lipinski definition) is 9. The highest BCUT2D eigenvalue weighted by Gasteiger charge is 2.47. The van der Waals surface area contributed by atoms with Gasteiger partial charge in [0.25, 0.3) is 0 Å². The number of ether oxygens (including phenoxy) is 5. The average molecular weight is 457 g/mol. The number of dihydropyridines is 1.